The maximum atomic E-state index is 6.43. The van der Waals surface area contributed by atoms with E-state index in [1.54, 1.807) is 0 Å². The predicted molar refractivity (Wildman–Crippen MR) is 209 cm³/mol. The smallest absolute Gasteiger partial charge is 0.164 e. The fraction of sp³-hybridized carbons (Fsp3) is 0.0426. The first-order valence-electron chi connectivity index (χ1n) is 17.4. The molecule has 9 aromatic rings. The Hall–Kier alpha value is -6.65. The molecule has 4 heteroatoms. The molecule has 1 aliphatic carbocycles. The number of aromatic nitrogens is 3. The van der Waals surface area contributed by atoms with E-state index in [9.17, 15) is 0 Å². The number of aryl methyl sites for hydroxylation is 1. The third-order valence-corrected chi connectivity index (χ3v) is 9.99. The van der Waals surface area contributed by atoms with Crippen LogP contribution in [-0.2, 0) is 6.42 Å². The van der Waals surface area contributed by atoms with Crippen molar-refractivity contribution in [1.82, 2.24) is 15.0 Å². The molecule has 0 saturated carbocycles. The number of allylic oxidation sites excluding steroid dienone is 1. The van der Waals surface area contributed by atoms with Gasteiger partial charge >= 0.3 is 0 Å². The van der Waals surface area contributed by atoms with Gasteiger partial charge in [-0.2, -0.15) is 0 Å². The zero-order valence-electron chi connectivity index (χ0n) is 27.8. The van der Waals surface area contributed by atoms with Crippen molar-refractivity contribution in [3.8, 4) is 56.4 Å². The van der Waals surface area contributed by atoms with E-state index in [1.807, 2.05) is 42.5 Å². The molecule has 0 fully saturated rings. The number of furan rings is 1. The summed E-state index contributed by atoms with van der Waals surface area (Å²) in [5.74, 6) is 1.91. The van der Waals surface area contributed by atoms with Crippen LogP contribution in [-0.4, -0.2) is 15.0 Å². The van der Waals surface area contributed by atoms with Crippen molar-refractivity contribution < 1.29 is 4.42 Å². The Balaban J connectivity index is 1.09. The number of benzene rings is 7. The molecule has 2 heterocycles. The highest BCUT2D eigenvalue weighted by molar-refractivity contribution is 6.12. The normalized spacial score (nSPS) is 12.5. The molecule has 0 atom stereocenters. The van der Waals surface area contributed by atoms with E-state index in [1.165, 1.54) is 33.0 Å². The standard InChI is InChI=1S/C47H31N3O/c1-2-11-34(12-3-1)45-48-46(39-24-22-31-10-5-7-14-36(31)28-39)50-47(49-45)40-15-8-16-43-44(40)41-29-38(25-26-42(41)51-43)33-19-17-32(18-20-33)37-23-21-30-9-4-6-13-35(30)27-37/h1-4,6-9,11-29H,5,10H2. The maximum absolute atomic E-state index is 6.43. The minimum absolute atomic E-state index is 0.616. The van der Waals surface area contributed by atoms with Gasteiger partial charge in [0, 0.05) is 27.5 Å². The van der Waals surface area contributed by atoms with Crippen molar-refractivity contribution in [1.29, 1.82) is 0 Å². The number of rotatable bonds is 5. The van der Waals surface area contributed by atoms with Crippen LogP contribution in [0.4, 0.5) is 0 Å². The summed E-state index contributed by atoms with van der Waals surface area (Å²) in [6.07, 6.45) is 6.56. The van der Waals surface area contributed by atoms with Crippen molar-refractivity contribution in [2.75, 3.05) is 0 Å². The first-order valence-corrected chi connectivity index (χ1v) is 17.4. The van der Waals surface area contributed by atoms with Crippen LogP contribution in [0.25, 0.3) is 95.2 Å². The van der Waals surface area contributed by atoms with E-state index >= 15 is 0 Å². The highest BCUT2D eigenvalue weighted by atomic mass is 16.3. The van der Waals surface area contributed by atoms with Crippen molar-refractivity contribution in [2.45, 2.75) is 12.8 Å². The first-order chi connectivity index (χ1) is 25.2. The van der Waals surface area contributed by atoms with Crippen LogP contribution in [0.1, 0.15) is 17.5 Å². The van der Waals surface area contributed by atoms with E-state index in [0.717, 1.165) is 62.6 Å². The van der Waals surface area contributed by atoms with Gasteiger partial charge in [0.15, 0.2) is 17.5 Å². The average molecular weight is 654 g/mol. The summed E-state index contributed by atoms with van der Waals surface area (Å²) in [7, 11) is 0. The Morgan fingerprint density at radius 3 is 1.98 bits per heavy atom. The fourth-order valence-corrected chi connectivity index (χ4v) is 7.32. The minimum Gasteiger partial charge on any atom is -0.456 e. The molecule has 4 nitrogen and oxygen atoms in total. The molecular formula is C47H31N3O. The molecule has 0 aliphatic heterocycles. The van der Waals surface area contributed by atoms with Crippen LogP contribution >= 0.6 is 0 Å². The Kier molecular flexibility index (Phi) is 6.91. The Labute approximate surface area is 295 Å². The molecule has 240 valence electrons. The van der Waals surface area contributed by atoms with Crippen LogP contribution < -0.4 is 0 Å². The molecule has 0 spiro atoms. The van der Waals surface area contributed by atoms with E-state index < -0.39 is 0 Å². The molecule has 0 saturated heterocycles. The van der Waals surface area contributed by atoms with Gasteiger partial charge in [-0.25, -0.2) is 15.0 Å². The van der Waals surface area contributed by atoms with Crippen LogP contribution in [0.3, 0.4) is 0 Å². The lowest BCUT2D eigenvalue weighted by atomic mass is 9.95. The number of nitrogens with zero attached hydrogens (tertiary/aromatic N) is 3. The van der Waals surface area contributed by atoms with Crippen LogP contribution in [0.5, 0.6) is 0 Å². The summed E-state index contributed by atoms with van der Waals surface area (Å²) in [4.78, 5) is 15.2. The monoisotopic (exact) mass is 653 g/mol. The molecule has 0 N–H and O–H groups in total. The Bertz CT molecular complexity index is 2800. The van der Waals surface area contributed by atoms with Crippen LogP contribution in [0, 0.1) is 0 Å². The van der Waals surface area contributed by atoms with Gasteiger partial charge in [-0.1, -0.05) is 133 Å². The van der Waals surface area contributed by atoms with Crippen molar-refractivity contribution in [3.05, 3.63) is 169 Å². The van der Waals surface area contributed by atoms with E-state index in [0.29, 0.717) is 17.5 Å². The predicted octanol–water partition coefficient (Wildman–Crippen LogP) is 12.2. The topological polar surface area (TPSA) is 51.8 Å². The summed E-state index contributed by atoms with van der Waals surface area (Å²) in [5, 5.41) is 4.51. The first kappa shape index (κ1) is 29.3. The Morgan fingerprint density at radius 1 is 0.451 bits per heavy atom. The van der Waals surface area contributed by atoms with E-state index in [4.69, 9.17) is 19.4 Å². The Morgan fingerprint density at radius 2 is 1.14 bits per heavy atom. The lowest BCUT2D eigenvalue weighted by Gasteiger charge is -2.13. The molecule has 0 bridgehead atoms. The molecule has 1 aliphatic rings. The second kappa shape index (κ2) is 12.0. The van der Waals surface area contributed by atoms with Crippen molar-refractivity contribution >= 4 is 38.8 Å². The SMILES string of the molecule is C1=Cc2cc(-c3nc(-c4ccccc4)nc(-c4cccc5oc6ccc(-c7ccc(-c8ccc9ccccc9c8)cc7)cc6c45)n3)ccc2CC1. The lowest BCUT2D eigenvalue weighted by molar-refractivity contribution is 0.669. The molecule has 0 unspecified atom stereocenters. The van der Waals surface area contributed by atoms with Gasteiger partial charge in [0.2, 0.25) is 0 Å². The quantitative estimate of drug-likeness (QED) is 0.185. The van der Waals surface area contributed by atoms with Gasteiger partial charge in [-0.15, -0.1) is 0 Å². The maximum Gasteiger partial charge on any atom is 0.164 e. The van der Waals surface area contributed by atoms with E-state index in [-0.39, 0.29) is 0 Å². The van der Waals surface area contributed by atoms with Crippen molar-refractivity contribution in [3.63, 3.8) is 0 Å². The van der Waals surface area contributed by atoms with Gasteiger partial charge < -0.3 is 4.42 Å². The third kappa shape index (κ3) is 5.29. The number of hydrogen-bond donors (Lipinski definition) is 0. The highest BCUT2D eigenvalue weighted by Crippen LogP contribution is 2.39. The number of fused-ring (bicyclic) bond motifs is 5. The summed E-state index contributed by atoms with van der Waals surface area (Å²) in [6.45, 7) is 0. The van der Waals surface area contributed by atoms with Gasteiger partial charge in [-0.3, -0.25) is 0 Å². The van der Waals surface area contributed by atoms with Gasteiger partial charge in [0.25, 0.3) is 0 Å². The summed E-state index contributed by atoms with van der Waals surface area (Å²) < 4.78 is 6.43. The van der Waals surface area contributed by atoms with Crippen LogP contribution in [0.2, 0.25) is 0 Å². The zero-order valence-corrected chi connectivity index (χ0v) is 27.8. The zero-order chi connectivity index (χ0) is 33.7. The highest BCUT2D eigenvalue weighted by Gasteiger charge is 2.19. The lowest BCUT2D eigenvalue weighted by Crippen LogP contribution is -2.01. The van der Waals surface area contributed by atoms with Crippen molar-refractivity contribution in [2.24, 2.45) is 0 Å². The number of hydrogen-bond acceptors (Lipinski definition) is 4. The molecule has 0 amide bonds. The van der Waals surface area contributed by atoms with Gasteiger partial charge in [0.1, 0.15) is 11.2 Å². The summed E-state index contributed by atoms with van der Waals surface area (Å²) >= 11 is 0. The molecule has 10 rings (SSSR count). The third-order valence-electron chi connectivity index (χ3n) is 9.99. The average Bonchev–Trinajstić information content (AvgIpc) is 3.59. The molecule has 7 aromatic carbocycles. The largest absolute Gasteiger partial charge is 0.456 e. The molecule has 51 heavy (non-hydrogen) atoms. The van der Waals surface area contributed by atoms with Gasteiger partial charge in [-0.05, 0) is 87.3 Å². The molecular weight excluding hydrogens is 623 g/mol. The second-order valence-corrected chi connectivity index (χ2v) is 13.2. The summed E-state index contributed by atoms with van der Waals surface area (Å²) in [5.41, 5.74) is 11.7. The van der Waals surface area contributed by atoms with E-state index in [2.05, 4.69) is 121 Å². The summed E-state index contributed by atoms with van der Waals surface area (Å²) in [6, 6.07) is 53.2. The fourth-order valence-electron chi connectivity index (χ4n) is 7.32. The van der Waals surface area contributed by atoms with Gasteiger partial charge in [0.05, 0.1) is 0 Å². The second-order valence-electron chi connectivity index (χ2n) is 13.2. The van der Waals surface area contributed by atoms with Crippen LogP contribution in [0.15, 0.2) is 162 Å². The molecule has 0 radical (unpaired) electrons. The molecule has 2 aromatic heterocycles. The minimum atomic E-state index is 0.616.